The number of halogens is 2. The third-order valence-electron chi connectivity index (χ3n) is 2.68. The molecule has 0 fully saturated rings. The summed E-state index contributed by atoms with van der Waals surface area (Å²) in [4.78, 5) is 10.3. The van der Waals surface area contributed by atoms with Crippen molar-refractivity contribution in [2.24, 2.45) is 0 Å². The van der Waals surface area contributed by atoms with Gasteiger partial charge < -0.3 is 14.6 Å². The van der Waals surface area contributed by atoms with Gasteiger partial charge in [0.15, 0.2) is 0 Å². The number of benzene rings is 1. The second-order valence-corrected chi connectivity index (χ2v) is 4.02. The van der Waals surface area contributed by atoms with Gasteiger partial charge in [0.25, 0.3) is 5.92 Å². The van der Waals surface area contributed by atoms with E-state index < -0.39 is 18.3 Å². The number of alkyl halides is 2. The molecule has 0 aliphatic heterocycles. The van der Waals surface area contributed by atoms with Crippen LogP contribution in [0.2, 0.25) is 0 Å². The van der Waals surface area contributed by atoms with Crippen molar-refractivity contribution in [3.8, 4) is 11.5 Å². The molecule has 0 bridgehead atoms. The first kappa shape index (κ1) is 15.2. The number of rotatable bonds is 7. The molecular formula is C13H16F2O4. The van der Waals surface area contributed by atoms with E-state index in [4.69, 9.17) is 14.6 Å². The fraction of sp³-hybridized carbons (Fsp3) is 0.462. The highest BCUT2D eigenvalue weighted by Gasteiger charge is 2.34. The van der Waals surface area contributed by atoms with Crippen LogP contribution in [-0.4, -0.2) is 25.3 Å². The van der Waals surface area contributed by atoms with Crippen molar-refractivity contribution < 1.29 is 28.2 Å². The molecule has 19 heavy (non-hydrogen) atoms. The van der Waals surface area contributed by atoms with Crippen LogP contribution in [-0.2, 0) is 10.7 Å². The number of carboxylic acid groups (broad SMARTS) is 1. The Bertz CT molecular complexity index is 446. The fourth-order valence-corrected chi connectivity index (χ4v) is 1.70. The van der Waals surface area contributed by atoms with Crippen molar-refractivity contribution >= 4 is 5.97 Å². The van der Waals surface area contributed by atoms with E-state index in [0.29, 0.717) is 5.75 Å². The highest BCUT2D eigenvalue weighted by atomic mass is 19.3. The Labute approximate surface area is 109 Å². The number of aliphatic carboxylic acids is 1. The first-order valence-corrected chi connectivity index (χ1v) is 5.73. The summed E-state index contributed by atoms with van der Waals surface area (Å²) >= 11 is 0. The fourth-order valence-electron chi connectivity index (χ4n) is 1.70. The maximum atomic E-state index is 14.0. The highest BCUT2D eigenvalue weighted by molar-refractivity contribution is 5.66. The standard InChI is InChI=1S/C13H16F2O4/c1-18-9-5-6-10(11(8-9)19-2)13(14,15)7-3-4-12(16)17/h5-6,8H,3-4,7H2,1-2H3,(H,16,17). The summed E-state index contributed by atoms with van der Waals surface area (Å²) in [6, 6.07) is 4.03. The number of methoxy groups -OCH3 is 2. The first-order valence-electron chi connectivity index (χ1n) is 5.73. The minimum atomic E-state index is -3.13. The number of hydrogen-bond donors (Lipinski definition) is 1. The lowest BCUT2D eigenvalue weighted by Crippen LogP contribution is -2.15. The molecule has 0 aromatic heterocycles. The molecule has 0 saturated heterocycles. The van der Waals surface area contributed by atoms with E-state index in [2.05, 4.69) is 0 Å². The van der Waals surface area contributed by atoms with Crippen molar-refractivity contribution in [2.45, 2.75) is 25.2 Å². The van der Waals surface area contributed by atoms with Gasteiger partial charge in [0.05, 0.1) is 19.8 Å². The summed E-state index contributed by atoms with van der Waals surface area (Å²) in [6.07, 6.45) is -0.923. The van der Waals surface area contributed by atoms with E-state index in [1.54, 1.807) is 0 Å². The van der Waals surface area contributed by atoms with Gasteiger partial charge in [-0.05, 0) is 18.6 Å². The summed E-state index contributed by atoms with van der Waals surface area (Å²) in [5.41, 5.74) is -0.263. The molecule has 4 nitrogen and oxygen atoms in total. The molecular weight excluding hydrogens is 258 g/mol. The van der Waals surface area contributed by atoms with E-state index in [1.165, 1.54) is 32.4 Å². The molecule has 0 radical (unpaired) electrons. The van der Waals surface area contributed by atoms with E-state index in [1.807, 2.05) is 0 Å². The quantitative estimate of drug-likeness (QED) is 0.830. The molecule has 0 atom stereocenters. The summed E-state index contributed by atoms with van der Waals surface area (Å²) in [5, 5.41) is 8.46. The van der Waals surface area contributed by atoms with Crippen LogP contribution in [0.25, 0.3) is 0 Å². The number of ether oxygens (including phenoxy) is 2. The van der Waals surface area contributed by atoms with Gasteiger partial charge in [-0.2, -0.15) is 0 Å². The van der Waals surface area contributed by atoms with Crippen molar-refractivity contribution in [3.05, 3.63) is 23.8 Å². The van der Waals surface area contributed by atoms with E-state index >= 15 is 0 Å². The summed E-state index contributed by atoms with van der Waals surface area (Å²) in [7, 11) is 2.73. The molecule has 0 aliphatic carbocycles. The Hall–Kier alpha value is -1.85. The predicted octanol–water partition coefficient (Wildman–Crippen LogP) is 3.05. The molecule has 1 aromatic rings. The van der Waals surface area contributed by atoms with Gasteiger partial charge in [0.1, 0.15) is 11.5 Å². The van der Waals surface area contributed by atoms with Crippen molar-refractivity contribution in [2.75, 3.05) is 14.2 Å². The van der Waals surface area contributed by atoms with E-state index in [9.17, 15) is 13.6 Å². The van der Waals surface area contributed by atoms with Gasteiger partial charge in [0.2, 0.25) is 0 Å². The van der Waals surface area contributed by atoms with Crippen LogP contribution in [0.5, 0.6) is 11.5 Å². The zero-order chi connectivity index (χ0) is 14.5. The molecule has 6 heteroatoms. The lowest BCUT2D eigenvalue weighted by Gasteiger charge is -2.19. The van der Waals surface area contributed by atoms with Gasteiger partial charge in [-0.1, -0.05) is 0 Å². The molecule has 0 aliphatic rings. The Kier molecular flexibility index (Phi) is 5.09. The van der Waals surface area contributed by atoms with E-state index in [0.717, 1.165) is 0 Å². The molecule has 0 amide bonds. The van der Waals surface area contributed by atoms with Crippen LogP contribution in [0.3, 0.4) is 0 Å². The van der Waals surface area contributed by atoms with Crippen LogP contribution < -0.4 is 9.47 Å². The lowest BCUT2D eigenvalue weighted by atomic mass is 10.0. The third-order valence-corrected chi connectivity index (χ3v) is 2.68. The van der Waals surface area contributed by atoms with E-state index in [-0.39, 0.29) is 24.2 Å². The topological polar surface area (TPSA) is 55.8 Å². The van der Waals surface area contributed by atoms with Crippen LogP contribution in [0.15, 0.2) is 18.2 Å². The molecule has 0 heterocycles. The minimum absolute atomic E-state index is 0.0275. The van der Waals surface area contributed by atoms with Crippen LogP contribution >= 0.6 is 0 Å². The maximum absolute atomic E-state index is 14.0. The Morgan fingerprint density at radius 3 is 2.53 bits per heavy atom. The zero-order valence-electron chi connectivity index (χ0n) is 10.8. The average Bonchev–Trinajstić information content (AvgIpc) is 2.37. The first-order chi connectivity index (χ1) is 8.90. The summed E-state index contributed by atoms with van der Waals surface area (Å²) in [5.74, 6) is -3.77. The predicted molar refractivity (Wildman–Crippen MR) is 64.9 cm³/mol. The molecule has 106 valence electrons. The molecule has 0 unspecified atom stereocenters. The zero-order valence-corrected chi connectivity index (χ0v) is 10.8. The Morgan fingerprint density at radius 1 is 1.32 bits per heavy atom. The average molecular weight is 274 g/mol. The highest BCUT2D eigenvalue weighted by Crippen LogP contribution is 2.40. The monoisotopic (exact) mass is 274 g/mol. The second-order valence-electron chi connectivity index (χ2n) is 4.02. The number of hydrogen-bond acceptors (Lipinski definition) is 3. The Balaban J connectivity index is 2.89. The van der Waals surface area contributed by atoms with Gasteiger partial charge >= 0.3 is 5.97 Å². The van der Waals surface area contributed by atoms with Crippen molar-refractivity contribution in [3.63, 3.8) is 0 Å². The summed E-state index contributed by atoms with van der Waals surface area (Å²) in [6.45, 7) is 0. The number of carbonyl (C=O) groups is 1. The third kappa shape index (κ3) is 4.08. The van der Waals surface area contributed by atoms with Gasteiger partial charge in [-0.25, -0.2) is 8.78 Å². The minimum Gasteiger partial charge on any atom is -0.497 e. The van der Waals surface area contributed by atoms with Crippen LogP contribution in [0.1, 0.15) is 24.8 Å². The van der Waals surface area contributed by atoms with Crippen molar-refractivity contribution in [1.29, 1.82) is 0 Å². The Morgan fingerprint density at radius 2 is 2.00 bits per heavy atom. The van der Waals surface area contributed by atoms with Gasteiger partial charge in [0, 0.05) is 18.9 Å². The number of carboxylic acids is 1. The van der Waals surface area contributed by atoms with Gasteiger partial charge in [-0.3, -0.25) is 4.79 Å². The van der Waals surface area contributed by atoms with Crippen LogP contribution in [0.4, 0.5) is 8.78 Å². The lowest BCUT2D eigenvalue weighted by molar-refractivity contribution is -0.137. The maximum Gasteiger partial charge on any atom is 0.303 e. The molecule has 0 spiro atoms. The van der Waals surface area contributed by atoms with Crippen molar-refractivity contribution in [1.82, 2.24) is 0 Å². The van der Waals surface area contributed by atoms with Crippen LogP contribution in [0, 0.1) is 0 Å². The molecule has 1 N–H and O–H groups in total. The molecule has 1 rings (SSSR count). The smallest absolute Gasteiger partial charge is 0.303 e. The SMILES string of the molecule is COc1ccc(C(F)(F)CCCC(=O)O)c(OC)c1. The molecule has 1 aromatic carbocycles. The largest absolute Gasteiger partial charge is 0.497 e. The normalized spacial score (nSPS) is 11.2. The van der Waals surface area contributed by atoms with Gasteiger partial charge in [-0.15, -0.1) is 0 Å². The second kappa shape index (κ2) is 6.36. The molecule has 0 saturated carbocycles. The summed E-state index contributed by atoms with van der Waals surface area (Å²) < 4.78 is 37.8.